The zero-order chi connectivity index (χ0) is 19.4. The van der Waals surface area contributed by atoms with Gasteiger partial charge >= 0.3 is 5.97 Å². The SMILES string of the molecule is COc1cc(OCCCC(=O)O)cc(-c2nc(N)nc3ccc(Cl)cc23)c1. The van der Waals surface area contributed by atoms with Gasteiger partial charge in [-0.2, -0.15) is 0 Å². The first kappa shape index (κ1) is 18.7. The van der Waals surface area contributed by atoms with E-state index in [1.54, 1.807) is 37.4 Å². The van der Waals surface area contributed by atoms with Gasteiger partial charge in [0, 0.05) is 28.5 Å². The Morgan fingerprint density at radius 1 is 1.19 bits per heavy atom. The van der Waals surface area contributed by atoms with Gasteiger partial charge in [-0.1, -0.05) is 11.6 Å². The van der Waals surface area contributed by atoms with Gasteiger partial charge in [0.1, 0.15) is 11.5 Å². The molecule has 1 aromatic heterocycles. The standard InChI is InChI=1S/C19H18ClN3O4/c1-26-13-7-11(8-14(10-13)27-6-2-3-17(24)25)18-15-9-12(20)4-5-16(15)22-19(21)23-18/h4-5,7-10H,2-3,6H2,1H3,(H,24,25)(H2,21,22,23). The number of methoxy groups -OCH3 is 1. The average molecular weight is 388 g/mol. The van der Waals surface area contributed by atoms with Gasteiger partial charge < -0.3 is 20.3 Å². The minimum Gasteiger partial charge on any atom is -0.497 e. The van der Waals surface area contributed by atoms with Crippen LogP contribution in [0.25, 0.3) is 22.2 Å². The Morgan fingerprint density at radius 2 is 1.96 bits per heavy atom. The van der Waals surface area contributed by atoms with Crippen molar-refractivity contribution in [3.05, 3.63) is 41.4 Å². The number of ether oxygens (including phenoxy) is 2. The van der Waals surface area contributed by atoms with Gasteiger partial charge in [0.05, 0.1) is 24.9 Å². The van der Waals surface area contributed by atoms with E-state index < -0.39 is 5.97 Å². The Balaban J connectivity index is 2.01. The maximum Gasteiger partial charge on any atom is 0.303 e. The van der Waals surface area contributed by atoms with Crippen LogP contribution in [0.4, 0.5) is 5.95 Å². The summed E-state index contributed by atoms with van der Waals surface area (Å²) in [7, 11) is 1.55. The first-order chi connectivity index (χ1) is 13.0. The van der Waals surface area contributed by atoms with Crippen molar-refractivity contribution in [1.29, 1.82) is 0 Å². The third kappa shape index (κ3) is 4.57. The quantitative estimate of drug-likeness (QED) is 0.594. The van der Waals surface area contributed by atoms with Gasteiger partial charge in [-0.05, 0) is 36.8 Å². The largest absolute Gasteiger partial charge is 0.497 e. The molecule has 0 amide bonds. The van der Waals surface area contributed by atoms with E-state index in [2.05, 4.69) is 9.97 Å². The molecule has 0 unspecified atom stereocenters. The normalized spacial score (nSPS) is 10.7. The van der Waals surface area contributed by atoms with Crippen LogP contribution >= 0.6 is 11.6 Å². The van der Waals surface area contributed by atoms with E-state index in [1.807, 2.05) is 6.07 Å². The highest BCUT2D eigenvalue weighted by molar-refractivity contribution is 6.31. The van der Waals surface area contributed by atoms with Gasteiger partial charge in [-0.3, -0.25) is 4.79 Å². The molecule has 3 rings (SSSR count). The molecule has 0 aliphatic heterocycles. The second-order valence-electron chi connectivity index (χ2n) is 5.83. The predicted molar refractivity (Wildman–Crippen MR) is 103 cm³/mol. The zero-order valence-corrected chi connectivity index (χ0v) is 15.4. The molecule has 0 aliphatic carbocycles. The molecule has 0 saturated heterocycles. The van der Waals surface area contributed by atoms with E-state index in [1.165, 1.54) is 0 Å². The number of nitrogen functional groups attached to an aromatic ring is 1. The number of halogens is 1. The van der Waals surface area contributed by atoms with Crippen LogP contribution < -0.4 is 15.2 Å². The predicted octanol–water partition coefficient (Wildman–Crippen LogP) is 3.78. The number of aliphatic carboxylic acids is 1. The van der Waals surface area contributed by atoms with Crippen molar-refractivity contribution in [3.63, 3.8) is 0 Å². The second-order valence-corrected chi connectivity index (χ2v) is 6.27. The summed E-state index contributed by atoms with van der Waals surface area (Å²) in [6.45, 7) is 0.275. The zero-order valence-electron chi connectivity index (χ0n) is 14.6. The van der Waals surface area contributed by atoms with E-state index in [9.17, 15) is 4.79 Å². The summed E-state index contributed by atoms with van der Waals surface area (Å²) in [4.78, 5) is 19.2. The Hall–Kier alpha value is -3.06. The first-order valence-corrected chi connectivity index (χ1v) is 8.61. The molecule has 3 aromatic rings. The first-order valence-electron chi connectivity index (χ1n) is 8.23. The molecule has 27 heavy (non-hydrogen) atoms. The number of carboxylic acids is 1. The lowest BCUT2D eigenvalue weighted by atomic mass is 10.1. The summed E-state index contributed by atoms with van der Waals surface area (Å²) in [5.74, 6) is 0.409. The van der Waals surface area contributed by atoms with E-state index in [4.69, 9.17) is 31.9 Å². The van der Waals surface area contributed by atoms with Crippen LogP contribution in [0.3, 0.4) is 0 Å². The van der Waals surface area contributed by atoms with Gasteiger partial charge in [-0.25, -0.2) is 9.97 Å². The Morgan fingerprint density at radius 3 is 2.70 bits per heavy atom. The van der Waals surface area contributed by atoms with Crippen LogP contribution in [0, 0.1) is 0 Å². The number of rotatable bonds is 7. The number of benzene rings is 2. The highest BCUT2D eigenvalue weighted by Gasteiger charge is 2.12. The number of carboxylic acid groups (broad SMARTS) is 1. The Kier molecular flexibility index (Phi) is 5.61. The number of fused-ring (bicyclic) bond motifs is 1. The molecule has 0 atom stereocenters. The molecule has 140 valence electrons. The van der Waals surface area contributed by atoms with Crippen molar-refractivity contribution in [2.75, 3.05) is 19.5 Å². The number of carbonyl (C=O) groups is 1. The number of nitrogens with zero attached hydrogens (tertiary/aromatic N) is 2. The van der Waals surface area contributed by atoms with Gasteiger partial charge in [0.15, 0.2) is 0 Å². The average Bonchev–Trinajstić information content (AvgIpc) is 2.64. The van der Waals surface area contributed by atoms with Crippen molar-refractivity contribution in [2.24, 2.45) is 0 Å². The number of hydrogen-bond donors (Lipinski definition) is 2. The minimum atomic E-state index is -0.857. The van der Waals surface area contributed by atoms with Crippen molar-refractivity contribution in [3.8, 4) is 22.8 Å². The van der Waals surface area contributed by atoms with Crippen LogP contribution in [-0.2, 0) is 4.79 Å². The van der Waals surface area contributed by atoms with Crippen molar-refractivity contribution in [1.82, 2.24) is 9.97 Å². The summed E-state index contributed by atoms with van der Waals surface area (Å²) in [5.41, 5.74) is 7.87. The van der Waals surface area contributed by atoms with Gasteiger partial charge in [0.2, 0.25) is 5.95 Å². The van der Waals surface area contributed by atoms with E-state index in [-0.39, 0.29) is 19.0 Å². The summed E-state index contributed by atoms with van der Waals surface area (Å²) in [6.07, 6.45) is 0.448. The third-order valence-electron chi connectivity index (χ3n) is 3.87. The fraction of sp³-hybridized carbons (Fsp3) is 0.211. The molecular formula is C19H18ClN3O4. The topological polar surface area (TPSA) is 108 Å². The molecule has 8 heteroatoms. The molecule has 0 spiro atoms. The van der Waals surface area contributed by atoms with Crippen LogP contribution in [0.15, 0.2) is 36.4 Å². The minimum absolute atomic E-state index is 0.0441. The smallest absolute Gasteiger partial charge is 0.303 e. The molecular weight excluding hydrogens is 370 g/mol. The summed E-state index contributed by atoms with van der Waals surface area (Å²) >= 11 is 6.13. The summed E-state index contributed by atoms with van der Waals surface area (Å²) < 4.78 is 11.0. The van der Waals surface area contributed by atoms with Crippen LogP contribution in [-0.4, -0.2) is 34.8 Å². The number of aromatic nitrogens is 2. The highest BCUT2D eigenvalue weighted by atomic mass is 35.5. The molecule has 1 heterocycles. The summed E-state index contributed by atoms with van der Waals surface area (Å²) in [6, 6.07) is 10.6. The van der Waals surface area contributed by atoms with Crippen LogP contribution in [0.1, 0.15) is 12.8 Å². The van der Waals surface area contributed by atoms with Crippen LogP contribution in [0.2, 0.25) is 5.02 Å². The van der Waals surface area contributed by atoms with Gasteiger partial charge in [0.25, 0.3) is 0 Å². The Bertz CT molecular complexity index is 994. The second kappa shape index (κ2) is 8.09. The van der Waals surface area contributed by atoms with E-state index in [0.29, 0.717) is 34.2 Å². The van der Waals surface area contributed by atoms with Crippen molar-refractivity contribution < 1.29 is 19.4 Å². The third-order valence-corrected chi connectivity index (χ3v) is 4.10. The lowest BCUT2D eigenvalue weighted by Gasteiger charge is -2.12. The van der Waals surface area contributed by atoms with Crippen molar-refractivity contribution in [2.45, 2.75) is 12.8 Å². The highest BCUT2D eigenvalue weighted by Crippen LogP contribution is 2.34. The molecule has 0 bridgehead atoms. The number of anilines is 1. The summed E-state index contributed by atoms with van der Waals surface area (Å²) in [5, 5.41) is 10.0. The molecule has 0 aliphatic rings. The van der Waals surface area contributed by atoms with Crippen molar-refractivity contribution >= 4 is 34.4 Å². The molecule has 0 saturated carbocycles. The number of nitrogens with two attached hydrogens (primary N) is 1. The number of hydrogen-bond acceptors (Lipinski definition) is 6. The lowest BCUT2D eigenvalue weighted by molar-refractivity contribution is -0.137. The molecule has 2 aromatic carbocycles. The fourth-order valence-corrected chi connectivity index (χ4v) is 2.83. The molecule has 7 nitrogen and oxygen atoms in total. The molecule has 0 fully saturated rings. The van der Waals surface area contributed by atoms with Crippen LogP contribution in [0.5, 0.6) is 11.5 Å². The molecule has 0 radical (unpaired) electrons. The van der Waals surface area contributed by atoms with Gasteiger partial charge in [-0.15, -0.1) is 0 Å². The van der Waals surface area contributed by atoms with E-state index in [0.717, 1.165) is 10.9 Å². The van der Waals surface area contributed by atoms with E-state index >= 15 is 0 Å². The maximum absolute atomic E-state index is 10.6. The molecule has 3 N–H and O–H groups in total. The maximum atomic E-state index is 10.6. The lowest BCUT2D eigenvalue weighted by Crippen LogP contribution is -2.03. The fourth-order valence-electron chi connectivity index (χ4n) is 2.66. The Labute approximate surface area is 160 Å². The monoisotopic (exact) mass is 387 g/mol.